The molecular formula is C6H11FO4. The second kappa shape index (κ2) is 3.64. The predicted octanol–water partition coefficient (Wildman–Crippen LogP) is -0.458. The summed E-state index contributed by atoms with van der Waals surface area (Å²) in [5.41, 5.74) is -1.99. The number of carboxylic acids is 1. The van der Waals surface area contributed by atoms with Gasteiger partial charge < -0.3 is 15.3 Å². The summed E-state index contributed by atoms with van der Waals surface area (Å²) in [5, 5.41) is 25.5. The summed E-state index contributed by atoms with van der Waals surface area (Å²) in [5.74, 6) is -1.72. The van der Waals surface area contributed by atoms with Gasteiger partial charge in [0.15, 0.2) is 0 Å². The van der Waals surface area contributed by atoms with Crippen molar-refractivity contribution in [3.05, 3.63) is 0 Å². The third-order valence-electron chi connectivity index (χ3n) is 1.38. The monoisotopic (exact) mass is 166 g/mol. The molecule has 0 heterocycles. The molecule has 0 spiro atoms. The molecule has 0 aromatic carbocycles. The summed E-state index contributed by atoms with van der Waals surface area (Å²) < 4.78 is 12.5. The average Bonchev–Trinajstić information content (AvgIpc) is 1.86. The first kappa shape index (κ1) is 10.3. The normalized spacial score (nSPS) is 18.9. The van der Waals surface area contributed by atoms with E-state index in [1.807, 2.05) is 0 Å². The molecule has 0 bridgehead atoms. The first-order valence-electron chi connectivity index (χ1n) is 3.12. The van der Waals surface area contributed by atoms with Crippen LogP contribution in [0.5, 0.6) is 0 Å². The van der Waals surface area contributed by atoms with E-state index in [1.165, 1.54) is 0 Å². The van der Waals surface area contributed by atoms with Gasteiger partial charge in [-0.2, -0.15) is 0 Å². The lowest BCUT2D eigenvalue weighted by atomic mass is 9.97. The molecule has 66 valence electrons. The molecule has 0 aliphatic heterocycles. The highest BCUT2D eigenvalue weighted by Crippen LogP contribution is 2.17. The van der Waals surface area contributed by atoms with Crippen LogP contribution in [-0.2, 0) is 4.79 Å². The summed E-state index contributed by atoms with van der Waals surface area (Å²) in [6.07, 6.45) is -2.64. The van der Waals surface area contributed by atoms with Gasteiger partial charge in [-0.25, -0.2) is 9.18 Å². The molecule has 0 aliphatic carbocycles. The van der Waals surface area contributed by atoms with Crippen molar-refractivity contribution >= 4 is 5.97 Å². The maximum atomic E-state index is 12.5. The average molecular weight is 166 g/mol. The van der Waals surface area contributed by atoms with Crippen molar-refractivity contribution in [2.75, 3.05) is 6.61 Å². The van der Waals surface area contributed by atoms with E-state index < -0.39 is 24.3 Å². The molecule has 11 heavy (non-hydrogen) atoms. The van der Waals surface area contributed by atoms with E-state index in [0.717, 1.165) is 6.92 Å². The summed E-state index contributed by atoms with van der Waals surface area (Å²) in [6.45, 7) is 0.586. The third kappa shape index (κ3) is 2.81. The van der Waals surface area contributed by atoms with E-state index in [1.54, 1.807) is 0 Å². The van der Waals surface area contributed by atoms with Gasteiger partial charge in [0.25, 0.3) is 0 Å². The number of alkyl halides is 1. The van der Waals surface area contributed by atoms with Crippen LogP contribution in [0.15, 0.2) is 0 Å². The van der Waals surface area contributed by atoms with Crippen molar-refractivity contribution in [3.63, 3.8) is 0 Å². The second-order valence-corrected chi connectivity index (χ2v) is 2.53. The Morgan fingerprint density at radius 1 is 1.73 bits per heavy atom. The predicted molar refractivity (Wildman–Crippen MR) is 34.9 cm³/mol. The molecule has 3 N–H and O–H groups in total. The van der Waals surface area contributed by atoms with Gasteiger partial charge >= 0.3 is 5.97 Å². The molecule has 0 saturated heterocycles. The van der Waals surface area contributed by atoms with Gasteiger partial charge in [0.05, 0.1) is 0 Å². The summed E-state index contributed by atoms with van der Waals surface area (Å²) >= 11 is 0. The highest BCUT2D eigenvalue weighted by Gasteiger charge is 2.37. The number of carbonyl (C=O) groups is 1. The Kier molecular flexibility index (Phi) is 3.41. The molecule has 0 aliphatic rings. The van der Waals surface area contributed by atoms with Crippen LogP contribution >= 0.6 is 0 Å². The molecule has 0 saturated carbocycles. The quantitative estimate of drug-likeness (QED) is 0.528. The number of halogens is 1. The van der Waals surface area contributed by atoms with Crippen molar-refractivity contribution in [1.82, 2.24) is 0 Å². The number of hydrogen-bond acceptors (Lipinski definition) is 3. The fraction of sp³-hybridized carbons (Fsp3) is 0.833. The molecule has 0 fully saturated rings. The Morgan fingerprint density at radius 2 is 2.18 bits per heavy atom. The fourth-order valence-corrected chi connectivity index (χ4v) is 0.619. The van der Waals surface area contributed by atoms with Crippen LogP contribution in [0.2, 0.25) is 0 Å². The van der Waals surface area contributed by atoms with E-state index in [9.17, 15) is 9.18 Å². The first-order valence-corrected chi connectivity index (χ1v) is 3.12. The highest BCUT2D eigenvalue weighted by molar-refractivity contribution is 5.73. The van der Waals surface area contributed by atoms with Crippen LogP contribution in [0.4, 0.5) is 4.39 Å². The maximum Gasteiger partial charge on any atom is 0.341 e. The zero-order valence-corrected chi connectivity index (χ0v) is 6.12. The minimum absolute atomic E-state index is 0.291. The van der Waals surface area contributed by atoms with Gasteiger partial charge in [-0.15, -0.1) is 0 Å². The van der Waals surface area contributed by atoms with Crippen LogP contribution in [0, 0.1) is 0 Å². The largest absolute Gasteiger partial charge is 0.479 e. The molecule has 0 aromatic rings. The number of hydrogen-bond donors (Lipinski definition) is 3. The first-order chi connectivity index (χ1) is 4.91. The topological polar surface area (TPSA) is 77.8 Å². The molecule has 1 unspecified atom stereocenters. The van der Waals surface area contributed by atoms with Crippen LogP contribution in [-0.4, -0.2) is 39.7 Å². The molecule has 0 radical (unpaired) electrons. The van der Waals surface area contributed by atoms with E-state index >= 15 is 0 Å². The van der Waals surface area contributed by atoms with E-state index in [0.29, 0.717) is 0 Å². The number of carboxylic acid groups (broad SMARTS) is 1. The minimum atomic E-state index is -2.35. The Balaban J connectivity index is 4.16. The van der Waals surface area contributed by atoms with Gasteiger partial charge in [0.1, 0.15) is 5.60 Å². The number of aliphatic carboxylic acids is 1. The Morgan fingerprint density at radius 3 is 2.45 bits per heavy atom. The second-order valence-electron chi connectivity index (χ2n) is 2.53. The van der Waals surface area contributed by atoms with Crippen LogP contribution < -0.4 is 0 Å². The molecule has 0 aromatic heterocycles. The summed E-state index contributed by atoms with van der Waals surface area (Å²) in [6, 6.07) is 0. The molecule has 0 rings (SSSR count). The van der Waals surface area contributed by atoms with Gasteiger partial charge in [0.2, 0.25) is 6.17 Å². The maximum absolute atomic E-state index is 12.5. The highest BCUT2D eigenvalue weighted by atomic mass is 19.1. The lowest BCUT2D eigenvalue weighted by molar-refractivity contribution is -0.154. The lowest BCUT2D eigenvalue weighted by Gasteiger charge is -2.22. The number of aliphatic hydroxyl groups is 2. The van der Waals surface area contributed by atoms with Crippen LogP contribution in [0.1, 0.15) is 13.3 Å². The molecule has 0 amide bonds. The zero-order valence-electron chi connectivity index (χ0n) is 6.12. The van der Waals surface area contributed by atoms with Crippen LogP contribution in [0.25, 0.3) is 0 Å². The van der Waals surface area contributed by atoms with E-state index in [4.69, 9.17) is 15.3 Å². The van der Waals surface area contributed by atoms with Crippen molar-refractivity contribution in [2.24, 2.45) is 0 Å². The van der Waals surface area contributed by atoms with Gasteiger partial charge in [-0.3, -0.25) is 0 Å². The smallest absolute Gasteiger partial charge is 0.341 e. The third-order valence-corrected chi connectivity index (χ3v) is 1.38. The van der Waals surface area contributed by atoms with E-state index in [2.05, 4.69) is 0 Å². The zero-order chi connectivity index (χ0) is 9.07. The summed E-state index contributed by atoms with van der Waals surface area (Å²) in [7, 11) is 0. The fourth-order valence-electron chi connectivity index (χ4n) is 0.619. The Bertz CT molecular complexity index is 146. The molecule has 4 nitrogen and oxygen atoms in total. The van der Waals surface area contributed by atoms with Crippen molar-refractivity contribution in [3.8, 4) is 0 Å². The van der Waals surface area contributed by atoms with E-state index in [-0.39, 0.29) is 6.42 Å². The Hall–Kier alpha value is -0.680. The SMILES string of the molecule is C[C@@](O)(CCO)C(F)C(=O)O. The van der Waals surface area contributed by atoms with Crippen molar-refractivity contribution < 1.29 is 24.5 Å². The molecule has 5 heteroatoms. The van der Waals surface area contributed by atoms with Crippen LogP contribution in [0.3, 0.4) is 0 Å². The summed E-state index contributed by atoms with van der Waals surface area (Å²) in [4.78, 5) is 10.0. The van der Waals surface area contributed by atoms with Crippen molar-refractivity contribution in [2.45, 2.75) is 25.1 Å². The van der Waals surface area contributed by atoms with Crippen molar-refractivity contribution in [1.29, 1.82) is 0 Å². The lowest BCUT2D eigenvalue weighted by Crippen LogP contribution is -2.42. The number of aliphatic hydroxyl groups excluding tert-OH is 1. The van der Waals surface area contributed by atoms with Gasteiger partial charge in [-0.05, 0) is 6.92 Å². The molecular weight excluding hydrogens is 155 g/mol. The van der Waals surface area contributed by atoms with Gasteiger partial charge in [-0.1, -0.05) is 0 Å². The van der Waals surface area contributed by atoms with Gasteiger partial charge in [0, 0.05) is 13.0 Å². The minimum Gasteiger partial charge on any atom is -0.479 e. The standard InChI is InChI=1S/C6H11FO4/c1-6(11,2-3-8)4(7)5(9)10/h4,8,11H,2-3H2,1H3,(H,9,10)/t4?,6-/m1/s1. The Labute approximate surface area is 63.3 Å². The number of rotatable bonds is 4. The molecule has 2 atom stereocenters.